The Kier molecular flexibility index (Phi) is 6.50. The minimum Gasteiger partial charge on any atom is -0.370 e. The maximum Gasteiger partial charge on any atom is 0.270 e. The van der Waals surface area contributed by atoms with Gasteiger partial charge >= 0.3 is 0 Å². The first-order valence-corrected chi connectivity index (χ1v) is 7.68. The van der Waals surface area contributed by atoms with Crippen molar-refractivity contribution in [3.05, 3.63) is 54.0 Å². The standard InChI is InChI=1S/C17H23N5O/c1-22(2)11-10-19-17(23)15-12-16(21-13-20-15)18-9-8-14-6-4-3-5-7-14/h3-7,12-13H,8-11H2,1-2H3,(H,19,23)(H,18,20,21). The van der Waals surface area contributed by atoms with E-state index in [-0.39, 0.29) is 5.91 Å². The van der Waals surface area contributed by atoms with Crippen molar-refractivity contribution in [2.75, 3.05) is 39.0 Å². The molecule has 6 nitrogen and oxygen atoms in total. The van der Waals surface area contributed by atoms with E-state index in [1.54, 1.807) is 6.07 Å². The van der Waals surface area contributed by atoms with Crippen molar-refractivity contribution in [2.24, 2.45) is 0 Å². The molecular weight excluding hydrogens is 290 g/mol. The van der Waals surface area contributed by atoms with Gasteiger partial charge in [-0.25, -0.2) is 9.97 Å². The van der Waals surface area contributed by atoms with Gasteiger partial charge in [-0.3, -0.25) is 4.79 Å². The largest absolute Gasteiger partial charge is 0.370 e. The highest BCUT2D eigenvalue weighted by molar-refractivity contribution is 5.92. The van der Waals surface area contributed by atoms with Crippen molar-refractivity contribution in [3.63, 3.8) is 0 Å². The predicted molar refractivity (Wildman–Crippen MR) is 91.6 cm³/mol. The molecule has 122 valence electrons. The molecule has 1 heterocycles. The molecular formula is C17H23N5O. The Morgan fingerprint density at radius 3 is 2.65 bits per heavy atom. The van der Waals surface area contributed by atoms with E-state index in [1.165, 1.54) is 11.9 Å². The summed E-state index contributed by atoms with van der Waals surface area (Å²) < 4.78 is 0. The molecule has 0 atom stereocenters. The van der Waals surface area contributed by atoms with Gasteiger partial charge in [-0.2, -0.15) is 0 Å². The first-order valence-electron chi connectivity index (χ1n) is 7.68. The second-order valence-electron chi connectivity index (χ2n) is 5.51. The maximum atomic E-state index is 12.0. The summed E-state index contributed by atoms with van der Waals surface area (Å²) in [6.45, 7) is 2.13. The lowest BCUT2D eigenvalue weighted by Gasteiger charge is -2.10. The highest BCUT2D eigenvalue weighted by atomic mass is 16.1. The zero-order valence-corrected chi connectivity index (χ0v) is 13.6. The van der Waals surface area contributed by atoms with E-state index in [4.69, 9.17) is 0 Å². The zero-order valence-electron chi connectivity index (χ0n) is 13.6. The monoisotopic (exact) mass is 313 g/mol. The number of anilines is 1. The van der Waals surface area contributed by atoms with Gasteiger partial charge in [0.05, 0.1) is 0 Å². The van der Waals surface area contributed by atoms with Crippen molar-refractivity contribution in [1.29, 1.82) is 0 Å². The van der Waals surface area contributed by atoms with Gasteiger partial charge in [-0.1, -0.05) is 30.3 Å². The van der Waals surface area contributed by atoms with Gasteiger partial charge in [0.1, 0.15) is 17.8 Å². The molecule has 6 heteroatoms. The molecule has 0 saturated heterocycles. The smallest absolute Gasteiger partial charge is 0.270 e. The number of nitrogens with zero attached hydrogens (tertiary/aromatic N) is 3. The first kappa shape index (κ1) is 16.9. The second kappa shape index (κ2) is 8.85. The molecule has 0 aliphatic rings. The second-order valence-corrected chi connectivity index (χ2v) is 5.51. The minimum absolute atomic E-state index is 0.180. The molecule has 1 aromatic carbocycles. The Morgan fingerprint density at radius 1 is 1.13 bits per heavy atom. The predicted octanol–water partition coefficient (Wildman–Crippen LogP) is 1.42. The van der Waals surface area contributed by atoms with E-state index >= 15 is 0 Å². The van der Waals surface area contributed by atoms with Gasteiger partial charge in [0.15, 0.2) is 0 Å². The summed E-state index contributed by atoms with van der Waals surface area (Å²) in [5.74, 6) is 0.481. The quantitative estimate of drug-likeness (QED) is 0.771. The molecule has 0 fully saturated rings. The number of rotatable bonds is 8. The van der Waals surface area contributed by atoms with E-state index in [9.17, 15) is 4.79 Å². The summed E-state index contributed by atoms with van der Waals surface area (Å²) in [6.07, 6.45) is 2.31. The van der Waals surface area contributed by atoms with Gasteiger partial charge in [-0.05, 0) is 26.1 Å². The van der Waals surface area contributed by atoms with Crippen molar-refractivity contribution in [2.45, 2.75) is 6.42 Å². The lowest BCUT2D eigenvalue weighted by Crippen LogP contribution is -2.31. The van der Waals surface area contributed by atoms with Crippen LogP contribution in [0.4, 0.5) is 5.82 Å². The third-order valence-electron chi connectivity index (χ3n) is 3.31. The average Bonchev–Trinajstić information content (AvgIpc) is 2.56. The van der Waals surface area contributed by atoms with Gasteiger partial charge in [-0.15, -0.1) is 0 Å². The van der Waals surface area contributed by atoms with Crippen LogP contribution in [0.3, 0.4) is 0 Å². The SMILES string of the molecule is CN(C)CCNC(=O)c1cc(NCCc2ccccc2)ncn1. The van der Waals surface area contributed by atoms with Crippen molar-refractivity contribution < 1.29 is 4.79 Å². The summed E-state index contributed by atoms with van der Waals surface area (Å²) >= 11 is 0. The van der Waals surface area contributed by atoms with Crippen LogP contribution in [0.15, 0.2) is 42.7 Å². The number of likely N-dealkylation sites (N-methyl/N-ethyl adjacent to an activating group) is 1. The fourth-order valence-corrected chi connectivity index (χ4v) is 2.04. The Morgan fingerprint density at radius 2 is 1.91 bits per heavy atom. The lowest BCUT2D eigenvalue weighted by atomic mass is 10.1. The highest BCUT2D eigenvalue weighted by Crippen LogP contribution is 2.05. The minimum atomic E-state index is -0.180. The molecule has 2 N–H and O–H groups in total. The maximum absolute atomic E-state index is 12.0. The third kappa shape index (κ3) is 6.04. The summed E-state index contributed by atoms with van der Waals surface area (Å²) in [7, 11) is 3.93. The average molecular weight is 313 g/mol. The van der Waals surface area contributed by atoms with E-state index in [2.05, 4.69) is 32.7 Å². The van der Waals surface area contributed by atoms with Crippen LogP contribution in [0, 0.1) is 0 Å². The van der Waals surface area contributed by atoms with Crippen molar-refractivity contribution in [1.82, 2.24) is 20.2 Å². The van der Waals surface area contributed by atoms with Crippen LogP contribution in [0.25, 0.3) is 0 Å². The Balaban J connectivity index is 1.83. The number of hydrogen-bond acceptors (Lipinski definition) is 5. The fourth-order valence-electron chi connectivity index (χ4n) is 2.04. The molecule has 0 unspecified atom stereocenters. The van der Waals surface area contributed by atoms with Gasteiger partial charge in [0, 0.05) is 25.7 Å². The van der Waals surface area contributed by atoms with Crippen LogP contribution in [0.1, 0.15) is 16.1 Å². The Hall–Kier alpha value is -2.47. The van der Waals surface area contributed by atoms with Crippen LogP contribution in [0.5, 0.6) is 0 Å². The summed E-state index contributed by atoms with van der Waals surface area (Å²) in [4.78, 5) is 22.2. The van der Waals surface area contributed by atoms with Crippen molar-refractivity contribution in [3.8, 4) is 0 Å². The van der Waals surface area contributed by atoms with E-state index in [0.717, 1.165) is 19.5 Å². The Labute approximate surface area is 137 Å². The molecule has 0 aliphatic heterocycles. The molecule has 2 rings (SSSR count). The molecule has 1 aromatic heterocycles. The topological polar surface area (TPSA) is 70.2 Å². The van der Waals surface area contributed by atoms with Crippen molar-refractivity contribution >= 4 is 11.7 Å². The number of carbonyl (C=O) groups is 1. The molecule has 0 radical (unpaired) electrons. The normalized spacial score (nSPS) is 10.6. The number of aromatic nitrogens is 2. The fraction of sp³-hybridized carbons (Fsp3) is 0.353. The number of benzene rings is 1. The van der Waals surface area contributed by atoms with E-state index < -0.39 is 0 Å². The summed E-state index contributed by atoms with van der Waals surface area (Å²) in [5.41, 5.74) is 1.64. The van der Waals surface area contributed by atoms with Gasteiger partial charge in [0.2, 0.25) is 0 Å². The zero-order chi connectivity index (χ0) is 16.5. The molecule has 0 bridgehead atoms. The van der Waals surface area contributed by atoms with E-state index in [0.29, 0.717) is 18.1 Å². The summed E-state index contributed by atoms with van der Waals surface area (Å²) in [5, 5.41) is 6.06. The van der Waals surface area contributed by atoms with E-state index in [1.807, 2.05) is 37.2 Å². The third-order valence-corrected chi connectivity index (χ3v) is 3.31. The summed E-state index contributed by atoms with van der Waals surface area (Å²) in [6, 6.07) is 11.9. The number of nitrogens with one attached hydrogen (secondary N) is 2. The van der Waals surface area contributed by atoms with Crippen LogP contribution in [-0.2, 0) is 6.42 Å². The number of carbonyl (C=O) groups excluding carboxylic acids is 1. The molecule has 0 aliphatic carbocycles. The number of amides is 1. The van der Waals surface area contributed by atoms with Crippen LogP contribution in [-0.4, -0.2) is 54.5 Å². The van der Waals surface area contributed by atoms with Crippen LogP contribution < -0.4 is 10.6 Å². The molecule has 0 saturated carbocycles. The highest BCUT2D eigenvalue weighted by Gasteiger charge is 2.08. The van der Waals surface area contributed by atoms with Crippen LogP contribution >= 0.6 is 0 Å². The molecule has 1 amide bonds. The molecule has 2 aromatic rings. The van der Waals surface area contributed by atoms with Gasteiger partial charge < -0.3 is 15.5 Å². The van der Waals surface area contributed by atoms with Crippen LogP contribution in [0.2, 0.25) is 0 Å². The molecule has 0 spiro atoms. The van der Waals surface area contributed by atoms with Gasteiger partial charge in [0.25, 0.3) is 5.91 Å². The molecule has 23 heavy (non-hydrogen) atoms. The Bertz CT molecular complexity index is 615. The first-order chi connectivity index (χ1) is 11.1. The lowest BCUT2D eigenvalue weighted by molar-refractivity contribution is 0.0946. The number of hydrogen-bond donors (Lipinski definition) is 2.